The van der Waals surface area contributed by atoms with Crippen molar-refractivity contribution in [3.05, 3.63) is 63.7 Å². The molecule has 2 aromatic rings. The molecule has 0 saturated heterocycles. The minimum absolute atomic E-state index is 0.0518. The topological polar surface area (TPSA) is 82.6 Å². The molecule has 31 heavy (non-hydrogen) atoms. The fourth-order valence-electron chi connectivity index (χ4n) is 3.46. The van der Waals surface area contributed by atoms with Crippen molar-refractivity contribution in [1.29, 1.82) is 0 Å². The highest BCUT2D eigenvalue weighted by Gasteiger charge is 2.26. The van der Waals surface area contributed by atoms with E-state index in [1.165, 1.54) is 19.0 Å². The van der Waals surface area contributed by atoms with Gasteiger partial charge in [-0.25, -0.2) is 13.2 Å². The van der Waals surface area contributed by atoms with Gasteiger partial charge in [0.15, 0.2) is 11.6 Å². The molecule has 1 aliphatic heterocycles. The molecule has 3 rings (SSSR count). The smallest absolute Gasteiger partial charge is 0.279 e. The van der Waals surface area contributed by atoms with Crippen molar-refractivity contribution in [1.82, 2.24) is 18.9 Å². The molecule has 1 N–H and O–H groups in total. The Hall–Kier alpha value is -2.50. The average Bonchev–Trinajstić information content (AvgIpc) is 2.72. The number of carbonyl (C=O) groups excluding carboxylic acids is 1. The van der Waals surface area contributed by atoms with Crippen LogP contribution in [0.3, 0.4) is 0 Å². The van der Waals surface area contributed by atoms with Gasteiger partial charge in [0.25, 0.3) is 10.2 Å². The number of nitrogens with zero attached hydrogens (tertiary/aromatic N) is 3. The van der Waals surface area contributed by atoms with Gasteiger partial charge in [-0.3, -0.25) is 9.78 Å². The summed E-state index contributed by atoms with van der Waals surface area (Å²) in [7, 11) is -0.784. The summed E-state index contributed by atoms with van der Waals surface area (Å²) in [6, 6.07) is 1.47. The van der Waals surface area contributed by atoms with E-state index in [1.54, 1.807) is 13.1 Å². The van der Waals surface area contributed by atoms with Crippen molar-refractivity contribution in [2.75, 3.05) is 20.6 Å². The number of halogens is 3. The summed E-state index contributed by atoms with van der Waals surface area (Å²) in [5.74, 6) is -4.09. The summed E-state index contributed by atoms with van der Waals surface area (Å²) in [6.07, 6.45) is 1.44. The van der Waals surface area contributed by atoms with Gasteiger partial charge >= 0.3 is 0 Å². The van der Waals surface area contributed by atoms with Crippen LogP contribution in [0.25, 0.3) is 0 Å². The van der Waals surface area contributed by atoms with E-state index < -0.39 is 45.6 Å². The lowest BCUT2D eigenvalue weighted by Crippen LogP contribution is -2.39. The molecule has 1 amide bonds. The summed E-state index contributed by atoms with van der Waals surface area (Å²) in [5, 5.41) is 0. The maximum Gasteiger partial charge on any atom is 0.279 e. The van der Waals surface area contributed by atoms with E-state index in [4.69, 9.17) is 0 Å². The van der Waals surface area contributed by atoms with Crippen LogP contribution >= 0.6 is 0 Å². The second-order valence-corrected chi connectivity index (χ2v) is 9.47. The third-order valence-electron chi connectivity index (χ3n) is 5.33. The Balaban J connectivity index is 1.78. The van der Waals surface area contributed by atoms with Crippen molar-refractivity contribution in [2.45, 2.75) is 32.9 Å². The minimum atomic E-state index is -3.62. The summed E-state index contributed by atoms with van der Waals surface area (Å²) in [5.41, 5.74) is 2.42. The average molecular weight is 456 g/mol. The number of nitrogens with one attached hydrogen (secondary N) is 1. The number of amides is 1. The molecular formula is C20H23F3N4O3S. The number of carbonyl (C=O) groups is 1. The lowest BCUT2D eigenvalue weighted by Gasteiger charge is -2.31. The lowest BCUT2D eigenvalue weighted by atomic mass is 9.94. The molecule has 0 fully saturated rings. The van der Waals surface area contributed by atoms with Gasteiger partial charge in [0, 0.05) is 51.2 Å². The Morgan fingerprint density at radius 1 is 1.19 bits per heavy atom. The van der Waals surface area contributed by atoms with Crippen LogP contribution in [0, 0.1) is 24.4 Å². The van der Waals surface area contributed by atoms with E-state index in [2.05, 4.69) is 9.71 Å². The number of pyridine rings is 1. The molecule has 0 atom stereocenters. The third-order valence-corrected chi connectivity index (χ3v) is 6.80. The molecule has 7 nitrogen and oxygen atoms in total. The van der Waals surface area contributed by atoms with Crippen LogP contribution in [-0.4, -0.2) is 49.2 Å². The van der Waals surface area contributed by atoms with Gasteiger partial charge in [0.1, 0.15) is 5.82 Å². The van der Waals surface area contributed by atoms with Crippen molar-refractivity contribution in [2.24, 2.45) is 0 Å². The monoisotopic (exact) mass is 456 g/mol. The summed E-state index contributed by atoms with van der Waals surface area (Å²) < 4.78 is 68.8. The van der Waals surface area contributed by atoms with Crippen LogP contribution in [0.5, 0.6) is 0 Å². The molecule has 0 aliphatic carbocycles. The van der Waals surface area contributed by atoms with Crippen molar-refractivity contribution >= 4 is 16.1 Å². The Morgan fingerprint density at radius 2 is 1.87 bits per heavy atom. The Kier molecular flexibility index (Phi) is 6.68. The van der Waals surface area contributed by atoms with Gasteiger partial charge in [0.2, 0.25) is 5.91 Å². The molecule has 1 aromatic heterocycles. The van der Waals surface area contributed by atoms with E-state index in [1.807, 2.05) is 0 Å². The van der Waals surface area contributed by atoms with Gasteiger partial charge in [0.05, 0.1) is 6.42 Å². The van der Waals surface area contributed by atoms with Crippen LogP contribution in [0.4, 0.5) is 13.2 Å². The van der Waals surface area contributed by atoms with Gasteiger partial charge in [-0.1, -0.05) is 0 Å². The maximum absolute atomic E-state index is 13.9. The summed E-state index contributed by atoms with van der Waals surface area (Å²) in [4.78, 5) is 18.4. The predicted molar refractivity (Wildman–Crippen MR) is 108 cm³/mol. The van der Waals surface area contributed by atoms with Crippen molar-refractivity contribution in [3.63, 3.8) is 0 Å². The number of hydrogen-bond donors (Lipinski definition) is 1. The van der Waals surface area contributed by atoms with E-state index in [-0.39, 0.29) is 19.6 Å². The Morgan fingerprint density at radius 3 is 2.55 bits per heavy atom. The molecule has 0 bridgehead atoms. The molecule has 0 unspecified atom stereocenters. The van der Waals surface area contributed by atoms with Crippen LogP contribution in [0.1, 0.15) is 27.9 Å². The fourth-order valence-corrected chi connectivity index (χ4v) is 4.04. The van der Waals surface area contributed by atoms with Crippen LogP contribution < -0.4 is 4.72 Å². The molecule has 168 valence electrons. The molecule has 2 heterocycles. The second kappa shape index (κ2) is 8.93. The zero-order chi connectivity index (χ0) is 22.9. The predicted octanol–water partition coefficient (Wildman–Crippen LogP) is 1.83. The number of aryl methyl sites for hydroxylation is 1. The zero-order valence-electron chi connectivity index (χ0n) is 17.4. The van der Waals surface area contributed by atoms with E-state index in [0.717, 1.165) is 27.1 Å². The van der Waals surface area contributed by atoms with E-state index in [9.17, 15) is 26.4 Å². The molecule has 0 spiro atoms. The number of aromatic nitrogens is 1. The first-order valence-electron chi connectivity index (χ1n) is 9.54. The molecule has 11 heteroatoms. The molecular weight excluding hydrogens is 433 g/mol. The molecule has 1 aromatic carbocycles. The lowest BCUT2D eigenvalue weighted by molar-refractivity contribution is -0.131. The number of hydrogen-bond acceptors (Lipinski definition) is 4. The molecule has 1 aliphatic rings. The Labute approximate surface area is 179 Å². The molecule has 0 radical (unpaired) electrons. The number of rotatable bonds is 6. The van der Waals surface area contributed by atoms with Crippen LogP contribution in [0.15, 0.2) is 18.3 Å². The SMILES string of the molecule is Cc1ncc2c(c1CNS(=O)(=O)N(C)C)CCN(C(=O)Cc1c(F)ccc(F)c1F)C2. The maximum atomic E-state index is 13.9. The van der Waals surface area contributed by atoms with Gasteiger partial charge in [-0.15, -0.1) is 0 Å². The highest BCUT2D eigenvalue weighted by atomic mass is 32.2. The normalized spacial score (nSPS) is 14.1. The highest BCUT2D eigenvalue weighted by molar-refractivity contribution is 7.87. The highest BCUT2D eigenvalue weighted by Crippen LogP contribution is 2.25. The van der Waals surface area contributed by atoms with Gasteiger partial charge in [-0.2, -0.15) is 17.4 Å². The Bertz CT molecular complexity index is 1120. The van der Waals surface area contributed by atoms with Gasteiger partial charge < -0.3 is 4.90 Å². The standard InChI is InChI=1S/C20H23F3N4O3S/c1-12-16(10-25-31(29,30)26(2)3)14-6-7-27(11-13(14)9-24-12)19(28)8-15-17(21)4-5-18(22)20(15)23/h4-5,9,25H,6-8,10-11H2,1-3H3. The first kappa shape index (κ1) is 23.2. The van der Waals surface area contributed by atoms with E-state index >= 15 is 0 Å². The first-order chi connectivity index (χ1) is 14.5. The van der Waals surface area contributed by atoms with Crippen molar-refractivity contribution < 1.29 is 26.4 Å². The first-order valence-corrected chi connectivity index (χ1v) is 11.0. The van der Waals surface area contributed by atoms with Crippen LogP contribution in [-0.2, 0) is 40.9 Å². The summed E-state index contributed by atoms with van der Waals surface area (Å²) >= 11 is 0. The second-order valence-electron chi connectivity index (χ2n) is 7.50. The number of fused-ring (bicyclic) bond motifs is 1. The van der Waals surface area contributed by atoms with Crippen molar-refractivity contribution in [3.8, 4) is 0 Å². The molecule has 0 saturated carbocycles. The quantitative estimate of drug-likeness (QED) is 0.673. The van der Waals surface area contributed by atoms with Crippen LogP contribution in [0.2, 0.25) is 0 Å². The third kappa shape index (κ3) is 4.89. The zero-order valence-corrected chi connectivity index (χ0v) is 18.2. The number of benzene rings is 1. The fraction of sp³-hybridized carbons (Fsp3) is 0.400. The van der Waals surface area contributed by atoms with E-state index in [0.29, 0.717) is 18.2 Å². The summed E-state index contributed by atoms with van der Waals surface area (Å²) in [6.45, 7) is 2.26. The minimum Gasteiger partial charge on any atom is -0.338 e. The van der Waals surface area contributed by atoms with Gasteiger partial charge in [-0.05, 0) is 42.2 Å². The largest absolute Gasteiger partial charge is 0.338 e.